The van der Waals surface area contributed by atoms with E-state index >= 15 is 0 Å². The molecule has 0 aliphatic rings. The first-order valence-electron chi connectivity index (χ1n) is 5.95. The quantitative estimate of drug-likeness (QED) is 0.693. The lowest BCUT2D eigenvalue weighted by Crippen LogP contribution is -2.14. The number of allylic oxidation sites excluding steroid dienone is 2. The molecule has 2 rings (SSSR count). The van der Waals surface area contributed by atoms with Gasteiger partial charge in [0, 0.05) is 17.2 Å². The molecule has 2 aromatic carbocycles. The maximum atomic E-state index is 12.1. The van der Waals surface area contributed by atoms with Gasteiger partial charge >= 0.3 is 0 Å². The van der Waals surface area contributed by atoms with Gasteiger partial charge in [0.05, 0.1) is 10.7 Å². The standard InChI is InChI=1S/C16H12ClNO2/c17-13-9-5-4-8-12(13)16(20)14(18)10-15(19)11-6-2-1-3-7-11/h1-10H,18H2. The number of carbonyl (C=O) groups excluding carboxylic acids is 2. The van der Waals surface area contributed by atoms with Gasteiger partial charge in [0.1, 0.15) is 0 Å². The summed E-state index contributed by atoms with van der Waals surface area (Å²) in [6, 6.07) is 15.2. The Labute approximate surface area is 121 Å². The van der Waals surface area contributed by atoms with Gasteiger partial charge in [-0.3, -0.25) is 9.59 Å². The van der Waals surface area contributed by atoms with E-state index < -0.39 is 5.78 Å². The molecule has 0 atom stereocenters. The van der Waals surface area contributed by atoms with Gasteiger partial charge in [0.15, 0.2) is 5.78 Å². The average Bonchev–Trinajstić information content (AvgIpc) is 2.48. The maximum Gasteiger partial charge on any atom is 0.210 e. The van der Waals surface area contributed by atoms with Crippen LogP contribution in [0.1, 0.15) is 20.7 Å². The van der Waals surface area contributed by atoms with Crippen molar-refractivity contribution in [3.8, 4) is 0 Å². The SMILES string of the molecule is NC(=CC(=O)c1ccccc1)C(=O)c1ccccc1Cl. The highest BCUT2D eigenvalue weighted by atomic mass is 35.5. The molecule has 0 fully saturated rings. The Bertz CT molecular complexity index is 678. The second-order valence-corrected chi connectivity index (χ2v) is 4.55. The Morgan fingerprint density at radius 2 is 1.55 bits per heavy atom. The average molecular weight is 286 g/mol. The van der Waals surface area contributed by atoms with Crippen LogP contribution in [0.2, 0.25) is 5.02 Å². The minimum Gasteiger partial charge on any atom is -0.395 e. The molecule has 2 aromatic rings. The van der Waals surface area contributed by atoms with Crippen LogP contribution in [0.4, 0.5) is 0 Å². The van der Waals surface area contributed by atoms with E-state index in [-0.39, 0.29) is 17.0 Å². The number of benzene rings is 2. The Morgan fingerprint density at radius 1 is 0.950 bits per heavy atom. The molecule has 0 saturated heterocycles. The zero-order valence-corrected chi connectivity index (χ0v) is 11.3. The first-order valence-corrected chi connectivity index (χ1v) is 6.33. The number of hydrogen-bond acceptors (Lipinski definition) is 3. The summed E-state index contributed by atoms with van der Waals surface area (Å²) in [5.74, 6) is -0.775. The molecule has 3 nitrogen and oxygen atoms in total. The number of rotatable bonds is 4. The van der Waals surface area contributed by atoms with Crippen LogP contribution in [0, 0.1) is 0 Å². The molecule has 0 aliphatic carbocycles. The van der Waals surface area contributed by atoms with Gasteiger partial charge < -0.3 is 5.73 Å². The summed E-state index contributed by atoms with van der Waals surface area (Å²) in [7, 11) is 0. The number of ketones is 2. The zero-order chi connectivity index (χ0) is 14.5. The van der Waals surface area contributed by atoms with Crippen LogP contribution in [0.5, 0.6) is 0 Å². The molecule has 0 bridgehead atoms. The van der Waals surface area contributed by atoms with Crippen molar-refractivity contribution < 1.29 is 9.59 Å². The van der Waals surface area contributed by atoms with Crippen molar-refractivity contribution in [2.75, 3.05) is 0 Å². The lowest BCUT2D eigenvalue weighted by Gasteiger charge is -2.03. The summed E-state index contributed by atoms with van der Waals surface area (Å²) in [4.78, 5) is 24.0. The smallest absolute Gasteiger partial charge is 0.210 e. The zero-order valence-electron chi connectivity index (χ0n) is 10.5. The number of carbonyl (C=O) groups is 2. The Hall–Kier alpha value is -2.39. The largest absolute Gasteiger partial charge is 0.395 e. The van der Waals surface area contributed by atoms with E-state index in [1.54, 1.807) is 54.6 Å². The van der Waals surface area contributed by atoms with Crippen molar-refractivity contribution in [2.45, 2.75) is 0 Å². The van der Waals surface area contributed by atoms with Crippen LogP contribution in [-0.2, 0) is 0 Å². The number of halogens is 1. The third-order valence-corrected chi connectivity index (χ3v) is 3.06. The first kappa shape index (κ1) is 14.0. The van der Waals surface area contributed by atoms with Crippen LogP contribution in [0.3, 0.4) is 0 Å². The van der Waals surface area contributed by atoms with E-state index in [0.717, 1.165) is 6.08 Å². The normalized spacial score (nSPS) is 11.2. The highest BCUT2D eigenvalue weighted by molar-refractivity contribution is 6.35. The van der Waals surface area contributed by atoms with E-state index in [4.69, 9.17) is 17.3 Å². The van der Waals surface area contributed by atoms with Crippen molar-refractivity contribution in [3.63, 3.8) is 0 Å². The van der Waals surface area contributed by atoms with Crippen molar-refractivity contribution in [3.05, 3.63) is 82.5 Å². The molecule has 0 heterocycles. The Kier molecular flexibility index (Phi) is 4.33. The predicted octanol–water partition coefficient (Wildman–Crippen LogP) is 3.25. The van der Waals surface area contributed by atoms with Gasteiger partial charge in [-0.15, -0.1) is 0 Å². The molecule has 0 aromatic heterocycles. The van der Waals surface area contributed by atoms with Crippen LogP contribution in [0.15, 0.2) is 66.4 Å². The van der Waals surface area contributed by atoms with Crippen LogP contribution in [-0.4, -0.2) is 11.6 Å². The molecule has 2 N–H and O–H groups in total. The fourth-order valence-corrected chi connectivity index (χ4v) is 1.91. The molecule has 0 amide bonds. The lowest BCUT2D eigenvalue weighted by atomic mass is 10.1. The topological polar surface area (TPSA) is 60.2 Å². The maximum absolute atomic E-state index is 12.1. The lowest BCUT2D eigenvalue weighted by molar-refractivity contribution is 0.101. The van der Waals surface area contributed by atoms with E-state index in [2.05, 4.69) is 0 Å². The van der Waals surface area contributed by atoms with E-state index in [9.17, 15) is 9.59 Å². The molecule has 0 saturated carbocycles. The predicted molar refractivity (Wildman–Crippen MR) is 78.8 cm³/mol. The van der Waals surface area contributed by atoms with Crippen LogP contribution < -0.4 is 5.73 Å². The van der Waals surface area contributed by atoms with Gasteiger partial charge in [0.25, 0.3) is 0 Å². The summed E-state index contributed by atoms with van der Waals surface area (Å²) in [5.41, 5.74) is 6.31. The molecule has 0 spiro atoms. The summed E-state index contributed by atoms with van der Waals surface area (Å²) < 4.78 is 0. The fraction of sp³-hybridized carbons (Fsp3) is 0. The number of nitrogens with two attached hydrogens (primary N) is 1. The highest BCUT2D eigenvalue weighted by Crippen LogP contribution is 2.17. The minimum absolute atomic E-state index is 0.132. The summed E-state index contributed by atoms with van der Waals surface area (Å²) in [6.45, 7) is 0. The second-order valence-electron chi connectivity index (χ2n) is 4.14. The number of Topliss-reactive ketones (excluding diaryl/α,β-unsaturated/α-hetero) is 1. The summed E-state index contributed by atoms with van der Waals surface area (Å²) in [6.07, 6.45) is 1.13. The van der Waals surface area contributed by atoms with Crippen molar-refractivity contribution in [1.29, 1.82) is 0 Å². The molecule has 0 radical (unpaired) electrons. The van der Waals surface area contributed by atoms with Crippen molar-refractivity contribution in [2.24, 2.45) is 5.73 Å². The molecule has 0 aliphatic heterocycles. The molecule has 0 unspecified atom stereocenters. The van der Waals surface area contributed by atoms with Crippen LogP contribution >= 0.6 is 11.6 Å². The molecule has 4 heteroatoms. The van der Waals surface area contributed by atoms with Gasteiger partial charge in [-0.1, -0.05) is 54.1 Å². The highest BCUT2D eigenvalue weighted by Gasteiger charge is 2.14. The van der Waals surface area contributed by atoms with E-state index in [1.165, 1.54) is 0 Å². The van der Waals surface area contributed by atoms with Gasteiger partial charge in [-0.2, -0.15) is 0 Å². The van der Waals surface area contributed by atoms with Gasteiger partial charge in [-0.25, -0.2) is 0 Å². The van der Waals surface area contributed by atoms with Crippen molar-refractivity contribution in [1.82, 2.24) is 0 Å². The van der Waals surface area contributed by atoms with Gasteiger partial charge in [-0.05, 0) is 12.1 Å². The Morgan fingerprint density at radius 3 is 2.20 bits per heavy atom. The Balaban J connectivity index is 2.25. The van der Waals surface area contributed by atoms with Crippen LogP contribution in [0.25, 0.3) is 0 Å². The molecular weight excluding hydrogens is 274 g/mol. The van der Waals surface area contributed by atoms with E-state index in [0.29, 0.717) is 10.6 Å². The fourth-order valence-electron chi connectivity index (χ4n) is 1.69. The van der Waals surface area contributed by atoms with Crippen molar-refractivity contribution >= 4 is 23.2 Å². The minimum atomic E-state index is -0.458. The first-order chi connectivity index (χ1) is 9.59. The third kappa shape index (κ3) is 3.13. The third-order valence-electron chi connectivity index (χ3n) is 2.73. The summed E-state index contributed by atoms with van der Waals surface area (Å²) in [5, 5.41) is 0.306. The summed E-state index contributed by atoms with van der Waals surface area (Å²) >= 11 is 5.93. The molecular formula is C16H12ClNO2. The van der Waals surface area contributed by atoms with E-state index in [1.807, 2.05) is 0 Å². The number of hydrogen-bond donors (Lipinski definition) is 1. The molecule has 100 valence electrons. The second kappa shape index (κ2) is 6.17. The monoisotopic (exact) mass is 285 g/mol. The molecule has 20 heavy (non-hydrogen) atoms. The van der Waals surface area contributed by atoms with Gasteiger partial charge in [0.2, 0.25) is 5.78 Å².